The smallest absolute Gasteiger partial charge is 0.334 e. The highest BCUT2D eigenvalue weighted by Gasteiger charge is 2.42. The third-order valence-corrected chi connectivity index (χ3v) is 3.75. The average Bonchev–Trinajstić information content (AvgIpc) is 2.71. The quantitative estimate of drug-likeness (QED) is 0.336. The monoisotopic (exact) mass is 278 g/mol. The molecule has 1 aliphatic carbocycles. The maximum Gasteiger partial charge on any atom is 0.334 e. The van der Waals surface area contributed by atoms with Crippen LogP contribution in [-0.4, -0.2) is 41.3 Å². The van der Waals surface area contributed by atoms with E-state index in [0.717, 1.165) is 5.57 Å². The van der Waals surface area contributed by atoms with Crippen LogP contribution < -0.4 is 0 Å². The van der Waals surface area contributed by atoms with Gasteiger partial charge in [0, 0.05) is 12.0 Å². The Morgan fingerprint density at radius 1 is 1.50 bits per heavy atom. The van der Waals surface area contributed by atoms with E-state index >= 15 is 0 Å². The molecule has 20 heavy (non-hydrogen) atoms. The van der Waals surface area contributed by atoms with Gasteiger partial charge in [0.25, 0.3) is 0 Å². The van der Waals surface area contributed by atoms with E-state index in [4.69, 9.17) is 4.74 Å². The Morgan fingerprint density at radius 2 is 2.25 bits per heavy atom. The average molecular weight is 278 g/mol. The lowest BCUT2D eigenvalue weighted by atomic mass is 9.85. The number of hydrogen-bond donors (Lipinski definition) is 2. The van der Waals surface area contributed by atoms with Crippen LogP contribution >= 0.6 is 0 Å². The predicted molar refractivity (Wildman–Crippen MR) is 71.7 cm³/mol. The van der Waals surface area contributed by atoms with Crippen molar-refractivity contribution in [3.8, 4) is 0 Å². The molecule has 0 aromatic heterocycles. The molecule has 1 heterocycles. The lowest BCUT2D eigenvalue weighted by Crippen LogP contribution is -2.29. The van der Waals surface area contributed by atoms with Gasteiger partial charge in [-0.15, -0.1) is 0 Å². The zero-order chi connectivity index (χ0) is 14.7. The summed E-state index contributed by atoms with van der Waals surface area (Å²) in [6.07, 6.45) is 3.95. The number of aliphatic hydroxyl groups excluding tert-OH is 2. The summed E-state index contributed by atoms with van der Waals surface area (Å²) >= 11 is 0. The third-order valence-electron chi connectivity index (χ3n) is 3.75. The number of esters is 1. The molecule has 0 unspecified atom stereocenters. The summed E-state index contributed by atoms with van der Waals surface area (Å²) in [5.41, 5.74) is 1.42. The van der Waals surface area contributed by atoms with Gasteiger partial charge in [-0.2, -0.15) is 0 Å². The van der Waals surface area contributed by atoms with Gasteiger partial charge in [-0.1, -0.05) is 12.7 Å². The van der Waals surface area contributed by atoms with Gasteiger partial charge in [0.1, 0.15) is 12.4 Å². The third kappa shape index (κ3) is 2.89. The number of rotatable bonds is 2. The van der Waals surface area contributed by atoms with Crippen molar-refractivity contribution >= 4 is 12.3 Å². The van der Waals surface area contributed by atoms with Crippen molar-refractivity contribution in [3.63, 3.8) is 0 Å². The molecule has 5 heteroatoms. The molecule has 0 spiro atoms. The van der Waals surface area contributed by atoms with Crippen LogP contribution in [0.15, 0.2) is 35.5 Å². The molecule has 0 saturated carbocycles. The minimum atomic E-state index is -0.912. The van der Waals surface area contributed by atoms with Crippen molar-refractivity contribution in [1.29, 1.82) is 0 Å². The van der Waals surface area contributed by atoms with Crippen LogP contribution in [-0.2, 0) is 14.3 Å². The first-order valence-corrected chi connectivity index (χ1v) is 6.59. The molecular weight excluding hydrogens is 260 g/mol. The van der Waals surface area contributed by atoms with E-state index in [1.807, 2.05) is 0 Å². The van der Waals surface area contributed by atoms with Gasteiger partial charge in [-0.25, -0.2) is 4.79 Å². The molecule has 1 aliphatic heterocycles. The maximum absolute atomic E-state index is 11.6. The number of aldehydes is 1. The SMILES string of the molecule is C=C1C(=O)O[C@@H]2/C=C(\CO)CC/C=C(/C=O)C[C@@H](O)[C@@H]12. The van der Waals surface area contributed by atoms with Crippen LogP contribution in [0.5, 0.6) is 0 Å². The Morgan fingerprint density at radius 3 is 2.90 bits per heavy atom. The van der Waals surface area contributed by atoms with Gasteiger partial charge in [-0.3, -0.25) is 4.79 Å². The first-order chi connectivity index (χ1) is 9.56. The molecule has 0 bridgehead atoms. The van der Waals surface area contributed by atoms with Crippen molar-refractivity contribution in [2.45, 2.75) is 31.5 Å². The molecule has 0 aromatic carbocycles. The Hall–Kier alpha value is -1.72. The molecule has 2 aliphatic rings. The highest BCUT2D eigenvalue weighted by molar-refractivity contribution is 5.91. The van der Waals surface area contributed by atoms with E-state index < -0.39 is 24.1 Å². The lowest BCUT2D eigenvalue weighted by Gasteiger charge is -2.22. The maximum atomic E-state index is 11.6. The normalized spacial score (nSPS) is 36.2. The summed E-state index contributed by atoms with van der Waals surface area (Å²) < 4.78 is 5.19. The van der Waals surface area contributed by atoms with Gasteiger partial charge in [0.05, 0.1) is 18.6 Å². The Kier molecular flexibility index (Phi) is 4.52. The fraction of sp³-hybridized carbons (Fsp3) is 0.467. The fourth-order valence-electron chi connectivity index (χ4n) is 2.63. The second-order valence-corrected chi connectivity index (χ2v) is 5.11. The number of fused-ring (bicyclic) bond motifs is 1. The Labute approximate surface area is 117 Å². The van der Waals surface area contributed by atoms with Gasteiger partial charge in [0.2, 0.25) is 0 Å². The standard InChI is InChI=1S/C15H18O5/c1-9-14-12(18)5-10(7-16)3-2-4-11(8-17)6-13(14)20-15(9)19/h3,6-7,12-14,17-18H,1-2,4-5,8H2/b10-3+,11-6-/t12-,13-,14-/m1/s1. The molecule has 2 N–H and O–H groups in total. The highest BCUT2D eigenvalue weighted by atomic mass is 16.6. The van der Waals surface area contributed by atoms with Crippen molar-refractivity contribution in [2.24, 2.45) is 5.92 Å². The summed E-state index contributed by atoms with van der Waals surface area (Å²) in [6.45, 7) is 3.52. The van der Waals surface area contributed by atoms with Crippen molar-refractivity contribution in [3.05, 3.63) is 35.5 Å². The topological polar surface area (TPSA) is 83.8 Å². The van der Waals surface area contributed by atoms with Crippen LogP contribution in [0, 0.1) is 5.92 Å². The summed E-state index contributed by atoms with van der Waals surface area (Å²) in [5.74, 6) is -1.12. The van der Waals surface area contributed by atoms with Crippen molar-refractivity contribution in [2.75, 3.05) is 6.61 Å². The number of ether oxygens (including phenoxy) is 1. The molecule has 1 saturated heterocycles. The molecule has 0 amide bonds. The Balaban J connectivity index is 2.36. The fourth-order valence-corrected chi connectivity index (χ4v) is 2.63. The van der Waals surface area contributed by atoms with E-state index in [1.54, 1.807) is 12.2 Å². The van der Waals surface area contributed by atoms with Crippen LogP contribution in [0.1, 0.15) is 19.3 Å². The molecular formula is C15H18O5. The second-order valence-electron chi connectivity index (χ2n) is 5.11. The largest absolute Gasteiger partial charge is 0.454 e. The van der Waals surface area contributed by atoms with Crippen molar-refractivity contribution in [1.82, 2.24) is 0 Å². The first kappa shape index (κ1) is 14.7. The van der Waals surface area contributed by atoms with Gasteiger partial charge < -0.3 is 14.9 Å². The molecule has 5 nitrogen and oxygen atoms in total. The summed E-state index contributed by atoms with van der Waals surface area (Å²) in [4.78, 5) is 22.6. The van der Waals surface area contributed by atoms with Gasteiger partial charge in [0.15, 0.2) is 0 Å². The van der Waals surface area contributed by atoms with Gasteiger partial charge in [-0.05, 0) is 30.1 Å². The van der Waals surface area contributed by atoms with Crippen LogP contribution in [0.3, 0.4) is 0 Å². The number of hydrogen-bond acceptors (Lipinski definition) is 5. The zero-order valence-electron chi connectivity index (χ0n) is 11.1. The molecule has 3 atom stereocenters. The van der Waals surface area contributed by atoms with Crippen LogP contribution in [0.4, 0.5) is 0 Å². The van der Waals surface area contributed by atoms with E-state index in [1.165, 1.54) is 0 Å². The summed E-state index contributed by atoms with van der Waals surface area (Å²) in [5, 5.41) is 19.6. The minimum absolute atomic E-state index is 0.145. The Bertz CT molecular complexity index is 488. The van der Waals surface area contributed by atoms with Crippen LogP contribution in [0.2, 0.25) is 0 Å². The van der Waals surface area contributed by atoms with Crippen molar-refractivity contribution < 1.29 is 24.5 Å². The molecule has 2 rings (SSSR count). The first-order valence-electron chi connectivity index (χ1n) is 6.59. The van der Waals surface area contributed by atoms with E-state index in [9.17, 15) is 19.8 Å². The molecule has 108 valence electrons. The minimum Gasteiger partial charge on any atom is -0.454 e. The molecule has 0 radical (unpaired) electrons. The van der Waals surface area contributed by atoms with E-state index in [-0.39, 0.29) is 18.6 Å². The zero-order valence-corrected chi connectivity index (χ0v) is 11.1. The number of aliphatic hydroxyl groups is 2. The van der Waals surface area contributed by atoms with Crippen LogP contribution in [0.25, 0.3) is 0 Å². The second kappa shape index (κ2) is 6.15. The number of carbonyl (C=O) groups excluding carboxylic acids is 2. The summed E-state index contributed by atoms with van der Waals surface area (Å²) in [6, 6.07) is 0. The van der Waals surface area contributed by atoms with E-state index in [0.29, 0.717) is 24.7 Å². The highest BCUT2D eigenvalue weighted by Crippen LogP contribution is 2.34. The molecule has 0 aromatic rings. The van der Waals surface area contributed by atoms with E-state index in [2.05, 4.69) is 6.58 Å². The number of carbonyl (C=O) groups is 2. The predicted octanol–water partition coefficient (Wildman–Crippen LogP) is 0.673. The lowest BCUT2D eigenvalue weighted by molar-refractivity contribution is -0.137. The van der Waals surface area contributed by atoms with Gasteiger partial charge >= 0.3 is 5.97 Å². The summed E-state index contributed by atoms with van der Waals surface area (Å²) in [7, 11) is 0. The number of allylic oxidation sites excluding steroid dienone is 1. The molecule has 1 fully saturated rings.